The maximum Gasteiger partial charge on any atom is 0.187 e. The second-order valence-corrected chi connectivity index (χ2v) is 18.9. The zero-order valence-corrected chi connectivity index (χ0v) is 42.5. The Labute approximate surface area is 417 Å². The molecule has 420 valence electrons. The van der Waals surface area contributed by atoms with Crippen molar-refractivity contribution in [3.05, 3.63) is 0 Å². The first-order chi connectivity index (χ1) is 34.2. The fourth-order valence-electron chi connectivity index (χ4n) is 10.3. The van der Waals surface area contributed by atoms with Gasteiger partial charge in [0.2, 0.25) is 0 Å². The Morgan fingerprint density at radius 1 is 0.347 bits per heavy atom. The third-order valence-corrected chi connectivity index (χ3v) is 14.3. The van der Waals surface area contributed by atoms with E-state index in [0.717, 1.165) is 0 Å². The number of hydrogen-bond acceptors (Lipinski definition) is 27. The molecule has 6 rings (SSSR count). The summed E-state index contributed by atoms with van der Waals surface area (Å²) < 4.78 is 106. The molecule has 0 saturated carbocycles. The van der Waals surface area contributed by atoms with Crippen LogP contribution in [0.25, 0.3) is 0 Å². The Morgan fingerprint density at radius 3 is 0.806 bits per heavy atom. The van der Waals surface area contributed by atoms with E-state index in [1.807, 2.05) is 0 Å². The van der Waals surface area contributed by atoms with Gasteiger partial charge in [-0.05, 0) is 41.5 Å². The Morgan fingerprint density at radius 2 is 0.569 bits per heavy atom. The smallest absolute Gasteiger partial charge is 0.187 e. The predicted molar refractivity (Wildman–Crippen MR) is 235 cm³/mol. The number of aldehydes is 1. The quantitative estimate of drug-likeness (QED) is 0.0534. The first-order valence-corrected chi connectivity index (χ1v) is 24.1. The van der Waals surface area contributed by atoms with Gasteiger partial charge in [-0.25, -0.2) is 0 Å². The molecule has 0 unspecified atom stereocenters. The van der Waals surface area contributed by atoms with E-state index in [4.69, 9.17) is 85.3 Å². The zero-order chi connectivity index (χ0) is 53.0. The Balaban J connectivity index is 1.06. The molecule has 0 bridgehead atoms. The van der Waals surface area contributed by atoms with Crippen LogP contribution in [0.15, 0.2) is 0 Å². The first kappa shape index (κ1) is 59.9. The summed E-state index contributed by atoms with van der Waals surface area (Å²) in [5.74, 6) is 0. The van der Waals surface area contributed by atoms with Crippen molar-refractivity contribution in [1.29, 1.82) is 0 Å². The summed E-state index contributed by atoms with van der Waals surface area (Å²) in [5, 5.41) is 88.3. The highest BCUT2D eigenvalue weighted by atomic mass is 16.8. The van der Waals surface area contributed by atoms with Gasteiger partial charge in [0.15, 0.2) is 44.0 Å². The molecule has 31 atom stereocenters. The molecule has 6 aliphatic heterocycles. The highest BCUT2D eigenvalue weighted by Gasteiger charge is 2.57. The van der Waals surface area contributed by atoms with Crippen LogP contribution < -0.4 is 0 Å². The first-order valence-electron chi connectivity index (χ1n) is 24.1. The van der Waals surface area contributed by atoms with Crippen molar-refractivity contribution in [2.75, 3.05) is 49.3 Å². The largest absolute Gasteiger partial charge is 0.393 e. The fraction of sp³-hybridized carbons (Fsp3) is 0.978. The molecule has 27 heteroatoms. The van der Waals surface area contributed by atoms with Crippen LogP contribution in [0.5, 0.6) is 0 Å². The summed E-state index contributed by atoms with van der Waals surface area (Å²) in [6.45, 7) is 9.09. The monoisotopic (exact) mass is 1050 g/mol. The molecule has 6 fully saturated rings. The number of carbonyl (C=O) groups is 1. The standard InChI is InChI=1S/C45H78O27/c1-15-22(48)34(55-7)23(49)41(61-15)68-30-17(3)63-43(25(51)36(30)57-9)70-32-19(5)65-45(27(53)38(32)59-11)72-33-20(6)66-44(28(54)39(33)60-12)71-31-18(4)64-42(26(52)37(31)58-10)69-29-16(2)62-40(24(50)35(29)56-8)67-21(13-46)14-47/h13,15-45,47-54H,14H2,1-12H3/t15-,16-,17-,18-,19-,20-,21-,22-,23+,24+,25+,26+,27+,28+,29-,30-,31-,32-,33-,34+,35-,36-,37-,38-,39-,40-,41-,42-,43-,44-,45-/m0/s1. The van der Waals surface area contributed by atoms with Gasteiger partial charge in [0.05, 0.1) is 43.2 Å². The molecule has 0 aromatic heterocycles. The van der Waals surface area contributed by atoms with Crippen LogP contribution in [0.4, 0.5) is 0 Å². The van der Waals surface area contributed by atoms with Gasteiger partial charge in [0.25, 0.3) is 0 Å². The average Bonchev–Trinajstić information content (AvgIpc) is 3.35. The van der Waals surface area contributed by atoms with Crippen LogP contribution in [-0.2, 0) is 90.1 Å². The normalized spacial score (nSPS) is 50.9. The molecule has 6 aliphatic rings. The summed E-state index contributed by atoms with van der Waals surface area (Å²) in [6.07, 6.45) is -36.1. The molecule has 0 aromatic rings. The predicted octanol–water partition coefficient (Wildman–Crippen LogP) is -4.43. The summed E-state index contributed by atoms with van der Waals surface area (Å²) in [7, 11) is 8.03. The maximum atomic E-state index is 11.7. The van der Waals surface area contributed by atoms with Gasteiger partial charge in [-0.2, -0.15) is 0 Å². The number of aliphatic hydroxyl groups is 8. The summed E-state index contributed by atoms with van der Waals surface area (Å²) in [6, 6.07) is 0. The summed E-state index contributed by atoms with van der Waals surface area (Å²) >= 11 is 0. The van der Waals surface area contributed by atoms with E-state index in [0.29, 0.717) is 6.29 Å². The third kappa shape index (κ3) is 12.5. The molecular weight excluding hydrogens is 972 g/mol. The van der Waals surface area contributed by atoms with Crippen LogP contribution >= 0.6 is 0 Å². The molecule has 6 heterocycles. The molecule has 72 heavy (non-hydrogen) atoms. The zero-order valence-electron chi connectivity index (χ0n) is 42.5. The van der Waals surface area contributed by atoms with Crippen LogP contribution in [0.2, 0.25) is 0 Å². The van der Waals surface area contributed by atoms with Crippen LogP contribution in [0.3, 0.4) is 0 Å². The maximum absolute atomic E-state index is 11.7. The van der Waals surface area contributed by atoms with Gasteiger partial charge in [-0.3, -0.25) is 0 Å². The van der Waals surface area contributed by atoms with Crippen LogP contribution in [-0.4, -0.2) is 287 Å². The Kier molecular flexibility index (Phi) is 21.9. The van der Waals surface area contributed by atoms with Gasteiger partial charge >= 0.3 is 0 Å². The van der Waals surface area contributed by atoms with Crippen molar-refractivity contribution in [3.8, 4) is 0 Å². The van der Waals surface area contributed by atoms with Gasteiger partial charge in [-0.1, -0.05) is 0 Å². The molecule has 0 aliphatic carbocycles. The minimum Gasteiger partial charge on any atom is -0.393 e. The van der Waals surface area contributed by atoms with Crippen molar-refractivity contribution in [1.82, 2.24) is 0 Å². The number of rotatable bonds is 20. The van der Waals surface area contributed by atoms with E-state index in [1.165, 1.54) is 42.7 Å². The number of ether oxygens (including phenoxy) is 18. The van der Waals surface area contributed by atoms with Crippen LogP contribution in [0, 0.1) is 0 Å². The van der Waals surface area contributed by atoms with E-state index in [9.17, 15) is 45.6 Å². The molecule has 8 N–H and O–H groups in total. The van der Waals surface area contributed by atoms with Crippen molar-refractivity contribution in [2.45, 2.75) is 232 Å². The molecule has 0 spiro atoms. The number of aliphatic hydroxyl groups excluding tert-OH is 8. The third-order valence-electron chi connectivity index (χ3n) is 14.3. The van der Waals surface area contributed by atoms with E-state index in [-0.39, 0.29) is 0 Å². The lowest BCUT2D eigenvalue weighted by Crippen LogP contribution is -2.67. The fourth-order valence-corrected chi connectivity index (χ4v) is 10.3. The number of carbonyl (C=O) groups excluding carboxylic acids is 1. The molecule has 6 saturated heterocycles. The molecule has 27 nitrogen and oxygen atoms in total. The Bertz CT molecular complexity index is 1640. The average molecular weight is 1050 g/mol. The highest BCUT2D eigenvalue weighted by molar-refractivity contribution is 5.56. The second-order valence-electron chi connectivity index (χ2n) is 18.9. The van der Waals surface area contributed by atoms with Crippen molar-refractivity contribution < 1.29 is 131 Å². The van der Waals surface area contributed by atoms with E-state index in [2.05, 4.69) is 0 Å². The number of methoxy groups -OCH3 is 6. The van der Waals surface area contributed by atoms with Gasteiger partial charge in [0, 0.05) is 42.7 Å². The molecule has 0 radical (unpaired) electrons. The lowest BCUT2D eigenvalue weighted by Gasteiger charge is -2.50. The second kappa shape index (κ2) is 26.3. The van der Waals surface area contributed by atoms with Gasteiger partial charge < -0.3 is 131 Å². The minimum absolute atomic E-state index is 0.369. The van der Waals surface area contributed by atoms with Crippen LogP contribution in [0.1, 0.15) is 41.5 Å². The van der Waals surface area contributed by atoms with Crippen molar-refractivity contribution >= 4 is 6.29 Å². The lowest BCUT2D eigenvalue weighted by molar-refractivity contribution is -0.392. The van der Waals surface area contributed by atoms with Crippen molar-refractivity contribution in [2.24, 2.45) is 0 Å². The molecule has 0 amide bonds. The van der Waals surface area contributed by atoms with E-state index in [1.54, 1.807) is 41.5 Å². The highest BCUT2D eigenvalue weighted by Crippen LogP contribution is 2.38. The molecular formula is C45H78O27. The van der Waals surface area contributed by atoms with E-state index < -0.39 is 197 Å². The SMILES string of the molecule is CO[C@@H]1[C@@H](O)[C@H](C)O[C@@H](O[C@@H]2[C@@H](OC)[C@@H](O)[C@H](O[C@@H]3[C@@H](OC)[C@@H](O)[C@H](O[C@@H]4[C@@H](OC)[C@@H](O)[C@H](O[C@@H]5[C@@H](OC)[C@@H](O)[C@H](O[C@@H]6[C@@H](OC)[C@@H](O)[C@H](O[C@@H](C=O)CO)O[C@H]6C)O[C@H]5C)O[C@H]4C)O[C@H]3C)O[C@H]2C)[C@@H]1O. The van der Waals surface area contributed by atoms with Gasteiger partial charge in [0.1, 0.15) is 116 Å². The number of hydrogen-bond donors (Lipinski definition) is 8. The summed E-state index contributed by atoms with van der Waals surface area (Å²) in [4.78, 5) is 11.3. The Hall–Kier alpha value is -1.37. The summed E-state index contributed by atoms with van der Waals surface area (Å²) in [5.41, 5.74) is 0. The van der Waals surface area contributed by atoms with Crippen molar-refractivity contribution in [3.63, 3.8) is 0 Å². The lowest BCUT2D eigenvalue weighted by atomic mass is 9.95. The molecule has 0 aromatic carbocycles. The van der Waals surface area contributed by atoms with Gasteiger partial charge in [-0.15, -0.1) is 0 Å². The van der Waals surface area contributed by atoms with E-state index >= 15 is 0 Å². The minimum atomic E-state index is -1.54. The topological polar surface area (TPSA) is 345 Å².